The number of nitrogens with zero attached hydrogens (tertiary/aromatic N) is 1. The minimum atomic E-state index is -1.11. The van der Waals surface area contributed by atoms with E-state index in [1.807, 2.05) is 0 Å². The molecule has 0 aliphatic heterocycles. The molecule has 1 amide bonds. The zero-order valence-electron chi connectivity index (χ0n) is 10.1. The van der Waals surface area contributed by atoms with Crippen molar-refractivity contribution in [1.29, 1.82) is 0 Å². The molecule has 2 aromatic heterocycles. The highest BCUT2D eigenvalue weighted by Gasteiger charge is 2.18. The number of rotatable bonds is 3. The molecule has 0 fully saturated rings. The fraction of sp³-hybridized carbons (Fsp3) is 0.0833. The van der Waals surface area contributed by atoms with Gasteiger partial charge in [0.05, 0.1) is 11.1 Å². The lowest BCUT2D eigenvalue weighted by atomic mass is 10.2. The zero-order valence-corrected chi connectivity index (χ0v) is 12.4. The fourth-order valence-corrected chi connectivity index (χ4v) is 2.85. The molecule has 2 rings (SSSR count). The Kier molecular flexibility index (Phi) is 4.27. The third kappa shape index (κ3) is 3.09. The lowest BCUT2D eigenvalue weighted by Gasteiger charge is -2.05. The van der Waals surface area contributed by atoms with E-state index < -0.39 is 11.9 Å². The van der Waals surface area contributed by atoms with Crippen molar-refractivity contribution in [1.82, 2.24) is 4.98 Å². The molecule has 20 heavy (non-hydrogen) atoms. The van der Waals surface area contributed by atoms with Crippen molar-refractivity contribution in [3.8, 4) is 0 Å². The number of aromatic nitrogens is 1. The Hall–Kier alpha value is -1.63. The molecule has 0 unspecified atom stereocenters. The molecular weight excluding hydrogens is 323 g/mol. The van der Waals surface area contributed by atoms with Crippen LogP contribution < -0.4 is 5.32 Å². The molecule has 0 saturated carbocycles. The van der Waals surface area contributed by atoms with Crippen LogP contribution in [0.25, 0.3) is 0 Å². The maximum atomic E-state index is 12.1. The van der Waals surface area contributed by atoms with Gasteiger partial charge in [-0.3, -0.25) is 4.79 Å². The SMILES string of the molecule is Cc1cc(C(=O)O)c(NC(=O)c2ccc(Cl)nc2Cl)s1. The van der Waals surface area contributed by atoms with Crippen molar-refractivity contribution in [3.63, 3.8) is 0 Å². The summed E-state index contributed by atoms with van der Waals surface area (Å²) in [5.41, 5.74) is 0.164. The summed E-state index contributed by atoms with van der Waals surface area (Å²) >= 11 is 12.7. The number of carboxylic acid groups (broad SMARTS) is 1. The van der Waals surface area contributed by atoms with Gasteiger partial charge in [0.25, 0.3) is 5.91 Å². The molecule has 0 bridgehead atoms. The third-order valence-electron chi connectivity index (χ3n) is 2.37. The number of aromatic carboxylic acids is 1. The fourth-order valence-electron chi connectivity index (χ4n) is 1.52. The quantitative estimate of drug-likeness (QED) is 0.841. The predicted octanol–water partition coefficient (Wildman–Crippen LogP) is 3.71. The average molecular weight is 331 g/mol. The van der Waals surface area contributed by atoms with Crippen LogP contribution in [0, 0.1) is 6.92 Å². The maximum Gasteiger partial charge on any atom is 0.338 e. The van der Waals surface area contributed by atoms with Crippen LogP contribution in [0.3, 0.4) is 0 Å². The van der Waals surface area contributed by atoms with Crippen LogP contribution in [0.5, 0.6) is 0 Å². The van der Waals surface area contributed by atoms with E-state index in [0.717, 1.165) is 4.88 Å². The predicted molar refractivity (Wildman–Crippen MR) is 78.2 cm³/mol. The van der Waals surface area contributed by atoms with Gasteiger partial charge >= 0.3 is 5.97 Å². The molecule has 0 spiro atoms. The Bertz CT molecular complexity index is 700. The summed E-state index contributed by atoms with van der Waals surface area (Å²) < 4.78 is 0. The van der Waals surface area contributed by atoms with Crippen molar-refractivity contribution in [2.45, 2.75) is 6.92 Å². The molecule has 0 saturated heterocycles. The van der Waals surface area contributed by atoms with Crippen molar-refractivity contribution < 1.29 is 14.7 Å². The number of pyridine rings is 1. The number of aryl methyl sites for hydroxylation is 1. The zero-order chi connectivity index (χ0) is 14.9. The van der Waals surface area contributed by atoms with Crippen molar-refractivity contribution in [3.05, 3.63) is 44.5 Å². The van der Waals surface area contributed by atoms with Crippen molar-refractivity contribution in [2.75, 3.05) is 5.32 Å². The molecular formula is C12H8Cl2N2O3S. The molecule has 2 heterocycles. The minimum Gasteiger partial charge on any atom is -0.478 e. The molecule has 2 N–H and O–H groups in total. The van der Waals surface area contributed by atoms with E-state index in [2.05, 4.69) is 10.3 Å². The van der Waals surface area contributed by atoms with Crippen LogP contribution in [0.1, 0.15) is 25.6 Å². The van der Waals surface area contributed by atoms with Gasteiger partial charge in [-0.1, -0.05) is 23.2 Å². The molecule has 5 nitrogen and oxygen atoms in total. The van der Waals surface area contributed by atoms with Crippen LogP contribution in [-0.4, -0.2) is 22.0 Å². The summed E-state index contributed by atoms with van der Waals surface area (Å²) in [6.45, 7) is 1.75. The van der Waals surface area contributed by atoms with Crippen LogP contribution in [0.4, 0.5) is 5.00 Å². The topological polar surface area (TPSA) is 79.3 Å². The Morgan fingerprint density at radius 1 is 1.30 bits per heavy atom. The first kappa shape index (κ1) is 14.8. The minimum absolute atomic E-state index is 0.0406. The third-order valence-corrected chi connectivity index (χ3v) is 3.84. The number of amides is 1. The van der Waals surface area contributed by atoms with Crippen LogP contribution in [-0.2, 0) is 0 Å². The highest BCUT2D eigenvalue weighted by Crippen LogP contribution is 2.28. The number of hydrogen-bond donors (Lipinski definition) is 2. The smallest absolute Gasteiger partial charge is 0.338 e. The first-order valence-corrected chi connectivity index (χ1v) is 6.93. The Morgan fingerprint density at radius 2 is 2.00 bits per heavy atom. The molecule has 2 aromatic rings. The summed E-state index contributed by atoms with van der Waals surface area (Å²) in [7, 11) is 0. The highest BCUT2D eigenvalue weighted by atomic mass is 35.5. The molecule has 0 atom stereocenters. The number of carboxylic acids is 1. The molecule has 0 aliphatic carbocycles. The number of anilines is 1. The van der Waals surface area contributed by atoms with E-state index in [-0.39, 0.29) is 26.4 Å². The number of thiophene rings is 1. The van der Waals surface area contributed by atoms with E-state index in [1.165, 1.54) is 29.5 Å². The van der Waals surface area contributed by atoms with Gasteiger partial charge in [0, 0.05) is 4.88 Å². The van der Waals surface area contributed by atoms with Gasteiger partial charge in [0.2, 0.25) is 0 Å². The molecule has 0 aliphatic rings. The second-order valence-electron chi connectivity index (χ2n) is 3.83. The molecule has 8 heteroatoms. The summed E-state index contributed by atoms with van der Waals surface area (Å²) in [5.74, 6) is -1.64. The Morgan fingerprint density at radius 3 is 2.60 bits per heavy atom. The molecule has 0 radical (unpaired) electrons. The lowest BCUT2D eigenvalue weighted by Crippen LogP contribution is -2.14. The van der Waals surface area contributed by atoms with E-state index in [4.69, 9.17) is 28.3 Å². The monoisotopic (exact) mass is 330 g/mol. The second kappa shape index (κ2) is 5.78. The van der Waals surface area contributed by atoms with Gasteiger partial charge in [0.1, 0.15) is 15.3 Å². The normalized spacial score (nSPS) is 10.3. The van der Waals surface area contributed by atoms with Gasteiger partial charge in [-0.05, 0) is 25.1 Å². The Balaban J connectivity index is 2.30. The van der Waals surface area contributed by atoms with Gasteiger partial charge < -0.3 is 10.4 Å². The number of carbonyl (C=O) groups is 2. The second-order valence-corrected chi connectivity index (χ2v) is 5.83. The largest absolute Gasteiger partial charge is 0.478 e. The van der Waals surface area contributed by atoms with Gasteiger partial charge in [-0.15, -0.1) is 11.3 Å². The summed E-state index contributed by atoms with van der Waals surface area (Å²) in [4.78, 5) is 27.7. The van der Waals surface area contributed by atoms with Crippen LogP contribution >= 0.6 is 34.5 Å². The van der Waals surface area contributed by atoms with Crippen LogP contribution in [0.2, 0.25) is 10.3 Å². The van der Waals surface area contributed by atoms with Crippen molar-refractivity contribution >= 4 is 51.4 Å². The summed E-state index contributed by atoms with van der Waals surface area (Å²) in [6, 6.07) is 4.35. The Labute approximate surface area is 128 Å². The first-order valence-electron chi connectivity index (χ1n) is 5.35. The standard InChI is InChI=1S/C12H8Cl2N2O3S/c1-5-4-7(12(18)19)11(20-5)16-10(17)6-2-3-8(13)15-9(6)14/h2-4H,1H3,(H,16,17)(H,18,19). The molecule has 104 valence electrons. The van der Waals surface area contributed by atoms with E-state index >= 15 is 0 Å². The summed E-state index contributed by atoms with van der Waals surface area (Å²) in [5, 5.41) is 12.0. The average Bonchev–Trinajstić information content (AvgIpc) is 2.70. The highest BCUT2D eigenvalue weighted by molar-refractivity contribution is 7.16. The van der Waals surface area contributed by atoms with E-state index in [1.54, 1.807) is 6.92 Å². The number of nitrogens with one attached hydrogen (secondary N) is 1. The van der Waals surface area contributed by atoms with Crippen molar-refractivity contribution in [2.24, 2.45) is 0 Å². The summed E-state index contributed by atoms with van der Waals surface area (Å²) in [6.07, 6.45) is 0. The number of carbonyl (C=O) groups excluding carboxylic acids is 1. The van der Waals surface area contributed by atoms with Gasteiger partial charge in [-0.25, -0.2) is 9.78 Å². The maximum absolute atomic E-state index is 12.1. The molecule has 0 aromatic carbocycles. The van der Waals surface area contributed by atoms with Crippen LogP contribution in [0.15, 0.2) is 18.2 Å². The van der Waals surface area contributed by atoms with Gasteiger partial charge in [-0.2, -0.15) is 0 Å². The van der Waals surface area contributed by atoms with Gasteiger partial charge in [0.15, 0.2) is 0 Å². The first-order chi connectivity index (χ1) is 9.38. The number of halogens is 2. The number of hydrogen-bond acceptors (Lipinski definition) is 4. The van der Waals surface area contributed by atoms with E-state index in [0.29, 0.717) is 0 Å². The van der Waals surface area contributed by atoms with E-state index in [9.17, 15) is 9.59 Å². The lowest BCUT2D eigenvalue weighted by molar-refractivity contribution is 0.0698.